The lowest BCUT2D eigenvalue weighted by Gasteiger charge is -2.47. The third-order valence-corrected chi connectivity index (χ3v) is 10.8. The number of esters is 2. The van der Waals surface area contributed by atoms with E-state index < -0.39 is 17.5 Å². The number of nitrogens with zero attached hydrogens (tertiary/aromatic N) is 2. The van der Waals surface area contributed by atoms with Crippen LogP contribution in [0.15, 0.2) is 77.6 Å². The predicted octanol–water partition coefficient (Wildman–Crippen LogP) is 7.51. The first-order chi connectivity index (χ1) is 23.4. The summed E-state index contributed by atoms with van der Waals surface area (Å²) in [4.78, 5) is 59.3. The minimum Gasteiger partial charge on any atom is -0.426 e. The standard InChI is InChI=1S/C38H39Cl2N3O6/c1-21(17-39)19-43(38(5)16-34(49-24(4)45)27-12-8-11-26(27)22(38)2)37(47)31-14-13-30(41-31)36(46)42-20-25(18-40)35-29-10-7-6-9-28(29)33(15-32(35)42)48-23(3)44/h6-10,12-16,21-22,25,41H,11,17-20H2,1-5H3/t21-,22-,25-,38+/m1/s1. The van der Waals surface area contributed by atoms with E-state index in [1.54, 1.807) is 28.0 Å². The van der Waals surface area contributed by atoms with Crippen molar-refractivity contribution >= 4 is 63.4 Å². The second kappa shape index (κ2) is 13.5. The van der Waals surface area contributed by atoms with E-state index >= 15 is 0 Å². The molecule has 1 aromatic heterocycles. The van der Waals surface area contributed by atoms with Crippen LogP contribution in [0.3, 0.4) is 0 Å². The Morgan fingerprint density at radius 2 is 1.73 bits per heavy atom. The monoisotopic (exact) mass is 703 g/mol. The fourth-order valence-electron chi connectivity index (χ4n) is 7.31. The fourth-order valence-corrected chi connectivity index (χ4v) is 7.66. The first kappa shape index (κ1) is 34.5. The summed E-state index contributed by atoms with van der Waals surface area (Å²) in [7, 11) is 0. The molecule has 1 aliphatic heterocycles. The zero-order valence-electron chi connectivity index (χ0n) is 28.1. The topological polar surface area (TPSA) is 109 Å². The van der Waals surface area contributed by atoms with E-state index in [9.17, 15) is 19.2 Å². The summed E-state index contributed by atoms with van der Waals surface area (Å²) < 4.78 is 11.2. The van der Waals surface area contributed by atoms with Gasteiger partial charge in [0, 0.05) is 67.6 Å². The first-order valence-electron chi connectivity index (χ1n) is 16.4. The number of alkyl halides is 2. The maximum absolute atomic E-state index is 14.5. The highest BCUT2D eigenvalue weighted by Crippen LogP contribution is 2.47. The molecule has 0 unspecified atom stereocenters. The van der Waals surface area contributed by atoms with Crippen molar-refractivity contribution in [3.8, 4) is 5.75 Å². The Balaban J connectivity index is 1.36. The molecular weight excluding hydrogens is 665 g/mol. The number of allylic oxidation sites excluding steroid dienone is 2. The SMILES string of the molecule is CC(=O)OC1=C[C@](C)(N(C[C@H](C)CCl)C(=O)c2ccc(C(=O)N3C[C@@H](CCl)c4c3cc(OC(C)=O)c3ccccc43)[nH]2)[C@H](C)C2=C1C=CC2. The maximum Gasteiger partial charge on any atom is 0.308 e. The van der Waals surface area contributed by atoms with Crippen molar-refractivity contribution in [1.82, 2.24) is 9.88 Å². The van der Waals surface area contributed by atoms with Gasteiger partial charge in [-0.2, -0.15) is 0 Å². The summed E-state index contributed by atoms with van der Waals surface area (Å²) in [6, 6.07) is 12.5. The Labute approximate surface area is 295 Å². The number of halogens is 2. The zero-order chi connectivity index (χ0) is 35.2. The predicted molar refractivity (Wildman–Crippen MR) is 190 cm³/mol. The lowest BCUT2D eigenvalue weighted by Crippen LogP contribution is -2.56. The second-order valence-corrected chi connectivity index (χ2v) is 13.9. The molecule has 0 fully saturated rings. The number of aromatic nitrogens is 1. The third kappa shape index (κ3) is 6.19. The molecule has 0 saturated heterocycles. The van der Waals surface area contributed by atoms with Gasteiger partial charge in [-0.15, -0.1) is 23.2 Å². The van der Waals surface area contributed by atoms with Crippen LogP contribution in [0, 0.1) is 11.8 Å². The van der Waals surface area contributed by atoms with Gasteiger partial charge >= 0.3 is 11.9 Å². The van der Waals surface area contributed by atoms with Crippen molar-refractivity contribution in [1.29, 1.82) is 0 Å². The number of anilines is 1. The van der Waals surface area contributed by atoms with Gasteiger partial charge in [0.05, 0.1) is 11.2 Å². The molecule has 1 N–H and O–H groups in total. The number of hydrogen-bond donors (Lipinski definition) is 1. The van der Waals surface area contributed by atoms with Crippen molar-refractivity contribution in [2.45, 2.75) is 52.5 Å². The molecule has 0 spiro atoms. The van der Waals surface area contributed by atoms with Crippen LogP contribution in [-0.2, 0) is 14.3 Å². The Bertz CT molecular complexity index is 1960. The molecular formula is C38H39Cl2N3O6. The number of carbonyl (C=O) groups is 4. The summed E-state index contributed by atoms with van der Waals surface area (Å²) in [5, 5.41) is 1.61. The quantitative estimate of drug-likeness (QED) is 0.140. The molecule has 2 heterocycles. The Morgan fingerprint density at radius 3 is 2.41 bits per heavy atom. The van der Waals surface area contributed by atoms with Crippen molar-refractivity contribution < 1.29 is 28.7 Å². The third-order valence-electron chi connectivity index (χ3n) is 9.85. The van der Waals surface area contributed by atoms with E-state index in [4.69, 9.17) is 32.7 Å². The number of hydrogen-bond acceptors (Lipinski definition) is 6. The molecule has 2 amide bonds. The number of carbonyl (C=O) groups excluding carboxylic acids is 4. The second-order valence-electron chi connectivity index (χ2n) is 13.3. The average Bonchev–Trinajstić information content (AvgIpc) is 3.84. The van der Waals surface area contributed by atoms with Crippen LogP contribution in [0.2, 0.25) is 0 Å². The molecule has 4 atom stereocenters. The largest absolute Gasteiger partial charge is 0.426 e. The Kier molecular flexibility index (Phi) is 9.52. The van der Waals surface area contributed by atoms with E-state index in [0.717, 1.165) is 27.5 Å². The number of H-pyrrole nitrogens is 1. The van der Waals surface area contributed by atoms with Crippen LogP contribution in [-0.4, -0.2) is 64.0 Å². The van der Waals surface area contributed by atoms with Gasteiger partial charge < -0.3 is 24.3 Å². The van der Waals surface area contributed by atoms with Crippen LogP contribution < -0.4 is 9.64 Å². The molecule has 0 radical (unpaired) electrons. The summed E-state index contributed by atoms with van der Waals surface area (Å²) in [6.45, 7) is 9.35. The summed E-state index contributed by atoms with van der Waals surface area (Å²) in [5.41, 5.74) is 3.05. The lowest BCUT2D eigenvalue weighted by atomic mass is 9.73. The van der Waals surface area contributed by atoms with E-state index in [1.807, 2.05) is 56.3 Å². The highest BCUT2D eigenvalue weighted by Gasteiger charge is 2.46. The van der Waals surface area contributed by atoms with Crippen LogP contribution in [0.25, 0.3) is 10.8 Å². The molecule has 2 aromatic carbocycles. The van der Waals surface area contributed by atoms with E-state index in [0.29, 0.717) is 42.6 Å². The van der Waals surface area contributed by atoms with E-state index in [-0.39, 0.29) is 46.8 Å². The van der Waals surface area contributed by atoms with Crippen LogP contribution >= 0.6 is 23.2 Å². The molecule has 3 aromatic rings. The molecule has 9 nitrogen and oxygen atoms in total. The summed E-state index contributed by atoms with van der Waals surface area (Å²) >= 11 is 12.7. The van der Waals surface area contributed by atoms with Gasteiger partial charge in [-0.25, -0.2) is 0 Å². The summed E-state index contributed by atoms with van der Waals surface area (Å²) in [6.07, 6.45) is 6.54. The average molecular weight is 705 g/mol. The highest BCUT2D eigenvalue weighted by molar-refractivity contribution is 6.19. The van der Waals surface area contributed by atoms with Gasteiger partial charge in [0.1, 0.15) is 22.9 Å². The number of ether oxygens (including phenoxy) is 2. The number of benzene rings is 2. The van der Waals surface area contributed by atoms with Gasteiger partial charge in [0.15, 0.2) is 0 Å². The molecule has 256 valence electrons. The van der Waals surface area contributed by atoms with Crippen molar-refractivity contribution in [3.05, 3.63) is 94.5 Å². The van der Waals surface area contributed by atoms with E-state index in [1.165, 1.54) is 13.8 Å². The number of rotatable bonds is 9. The fraction of sp³-hybridized carbons (Fsp3) is 0.368. The van der Waals surface area contributed by atoms with Crippen molar-refractivity contribution in [2.75, 3.05) is 29.7 Å². The van der Waals surface area contributed by atoms with Gasteiger partial charge in [0.2, 0.25) is 0 Å². The van der Waals surface area contributed by atoms with Crippen molar-refractivity contribution in [2.24, 2.45) is 11.8 Å². The highest BCUT2D eigenvalue weighted by atomic mass is 35.5. The minimum absolute atomic E-state index is 0.0526. The molecule has 6 rings (SSSR count). The van der Waals surface area contributed by atoms with Crippen LogP contribution in [0.5, 0.6) is 5.75 Å². The van der Waals surface area contributed by atoms with Gasteiger partial charge in [-0.3, -0.25) is 19.2 Å². The normalized spacial score (nSPS) is 21.7. The molecule has 0 bridgehead atoms. The van der Waals surface area contributed by atoms with E-state index in [2.05, 4.69) is 11.9 Å². The molecule has 3 aliphatic rings. The Morgan fingerprint density at radius 1 is 1.04 bits per heavy atom. The molecule has 49 heavy (non-hydrogen) atoms. The smallest absolute Gasteiger partial charge is 0.308 e. The number of amides is 2. The summed E-state index contributed by atoms with van der Waals surface area (Å²) in [5.74, 6) is -0.493. The van der Waals surface area contributed by atoms with Crippen molar-refractivity contribution in [3.63, 3.8) is 0 Å². The number of aromatic amines is 1. The minimum atomic E-state index is -0.877. The van der Waals surface area contributed by atoms with Gasteiger partial charge in [-0.1, -0.05) is 50.3 Å². The van der Waals surface area contributed by atoms with Crippen LogP contribution in [0.4, 0.5) is 5.69 Å². The lowest BCUT2D eigenvalue weighted by molar-refractivity contribution is -0.136. The zero-order valence-corrected chi connectivity index (χ0v) is 29.7. The molecule has 0 saturated carbocycles. The van der Waals surface area contributed by atoms with Crippen LogP contribution in [0.1, 0.15) is 73.5 Å². The first-order valence-corrected chi connectivity index (χ1v) is 17.4. The number of fused-ring (bicyclic) bond motifs is 3. The maximum atomic E-state index is 14.5. The number of nitrogens with one attached hydrogen (secondary N) is 1. The van der Waals surface area contributed by atoms with Gasteiger partial charge in [0.25, 0.3) is 11.8 Å². The molecule has 2 aliphatic carbocycles. The molecule has 11 heteroatoms. The van der Waals surface area contributed by atoms with Gasteiger partial charge in [-0.05, 0) is 54.0 Å². The Hall–Kier alpha value is -4.34.